The molecule has 144 valence electrons. The lowest BCUT2D eigenvalue weighted by molar-refractivity contribution is 1.05. The quantitative estimate of drug-likeness (QED) is 0.443. The second-order valence-corrected chi connectivity index (χ2v) is 8.25. The fourth-order valence-electron chi connectivity index (χ4n) is 3.08. The van der Waals surface area contributed by atoms with E-state index in [1.807, 2.05) is 61.0 Å². The van der Waals surface area contributed by atoms with Crippen molar-refractivity contribution in [2.24, 2.45) is 0 Å². The number of hydrogen-bond acceptors (Lipinski definition) is 5. The number of imidazole rings is 1. The third kappa shape index (κ3) is 4.32. The highest BCUT2D eigenvalue weighted by Gasteiger charge is 2.11. The molecule has 2 heterocycles. The summed E-state index contributed by atoms with van der Waals surface area (Å²) in [6, 6.07) is 15.8. The van der Waals surface area contributed by atoms with Crippen LogP contribution in [-0.4, -0.2) is 14.5 Å². The number of aryl methyl sites for hydroxylation is 2. The van der Waals surface area contributed by atoms with Crippen molar-refractivity contribution in [3.05, 3.63) is 87.4 Å². The topological polar surface area (TPSA) is 66.5 Å². The van der Waals surface area contributed by atoms with Crippen LogP contribution in [0.5, 0.6) is 0 Å². The lowest BCUT2D eigenvalue weighted by Crippen LogP contribution is -1.97. The summed E-state index contributed by atoms with van der Waals surface area (Å²) in [6.07, 6.45) is 4.40. The molecule has 0 radical (unpaired) electrons. The van der Waals surface area contributed by atoms with Gasteiger partial charge in [0.1, 0.15) is 6.07 Å². The Labute approximate surface area is 178 Å². The molecule has 0 aliphatic carbocycles. The summed E-state index contributed by atoms with van der Waals surface area (Å²) in [6.45, 7) is 3.93. The molecule has 0 aliphatic heterocycles. The lowest BCUT2D eigenvalue weighted by atomic mass is 10.1. The number of halogens is 1. The Morgan fingerprint density at radius 2 is 2.07 bits per heavy atom. The predicted octanol–water partition coefficient (Wildman–Crippen LogP) is 5.81. The van der Waals surface area contributed by atoms with Gasteiger partial charge in [0.05, 0.1) is 29.0 Å². The zero-order valence-electron chi connectivity index (χ0n) is 16.0. The maximum atomic E-state index is 9.58. The van der Waals surface area contributed by atoms with Crippen LogP contribution in [0.2, 0.25) is 5.02 Å². The Morgan fingerprint density at radius 1 is 1.21 bits per heavy atom. The average Bonchev–Trinajstić information content (AvgIpc) is 3.27. The molecule has 29 heavy (non-hydrogen) atoms. The normalized spacial score (nSPS) is 10.7. The lowest BCUT2D eigenvalue weighted by Gasteiger charge is -2.08. The molecule has 4 aromatic rings. The van der Waals surface area contributed by atoms with E-state index in [2.05, 4.69) is 27.4 Å². The number of nitrogens with zero attached hydrogens (tertiary/aromatic N) is 4. The third-order valence-electron chi connectivity index (χ3n) is 4.50. The zero-order chi connectivity index (χ0) is 20.4. The van der Waals surface area contributed by atoms with Gasteiger partial charge in [0.2, 0.25) is 0 Å². The first-order valence-electron chi connectivity index (χ1n) is 9.05. The number of benzene rings is 2. The summed E-state index contributed by atoms with van der Waals surface area (Å²) in [5.41, 5.74) is 5.24. The minimum atomic E-state index is 0.569. The Balaban J connectivity index is 1.56. The Hall–Kier alpha value is -3.14. The van der Waals surface area contributed by atoms with Gasteiger partial charge < -0.3 is 9.88 Å². The predicted molar refractivity (Wildman–Crippen MR) is 117 cm³/mol. The summed E-state index contributed by atoms with van der Waals surface area (Å²) >= 11 is 7.70. The molecule has 0 bridgehead atoms. The number of thiazole rings is 1. The molecule has 2 aromatic heterocycles. The van der Waals surface area contributed by atoms with Crippen LogP contribution in [-0.2, 0) is 6.42 Å². The highest BCUT2D eigenvalue weighted by atomic mass is 35.5. The number of nitriles is 1. The largest absolute Gasteiger partial charge is 0.331 e. The fraction of sp³-hybridized carbons (Fsp3) is 0.136. The number of rotatable bonds is 5. The number of anilines is 2. The van der Waals surface area contributed by atoms with E-state index in [1.165, 1.54) is 4.88 Å². The molecular formula is C22H18ClN5S. The Morgan fingerprint density at radius 3 is 2.79 bits per heavy atom. The van der Waals surface area contributed by atoms with Crippen LogP contribution < -0.4 is 5.32 Å². The summed E-state index contributed by atoms with van der Waals surface area (Å²) in [4.78, 5) is 10.1. The van der Waals surface area contributed by atoms with Crippen LogP contribution in [0.3, 0.4) is 0 Å². The molecule has 7 heteroatoms. The molecule has 5 nitrogen and oxygen atoms in total. The van der Waals surface area contributed by atoms with Gasteiger partial charge in [0.25, 0.3) is 0 Å². The zero-order valence-corrected chi connectivity index (χ0v) is 17.6. The van der Waals surface area contributed by atoms with Gasteiger partial charge in [-0.25, -0.2) is 9.97 Å². The molecule has 4 rings (SSSR count). The Bertz CT molecular complexity index is 1220. The van der Waals surface area contributed by atoms with E-state index in [0.29, 0.717) is 5.56 Å². The molecule has 0 amide bonds. The summed E-state index contributed by atoms with van der Waals surface area (Å²) in [5, 5.41) is 14.4. The van der Waals surface area contributed by atoms with Crippen molar-refractivity contribution in [1.29, 1.82) is 5.26 Å². The molecule has 1 N–H and O–H groups in total. The van der Waals surface area contributed by atoms with E-state index in [4.69, 9.17) is 11.6 Å². The fourth-order valence-corrected chi connectivity index (χ4v) is 4.31. The van der Waals surface area contributed by atoms with E-state index < -0.39 is 0 Å². The molecule has 0 aliphatic rings. The first-order valence-corrected chi connectivity index (χ1v) is 10.2. The molecule has 0 saturated heterocycles. The van der Waals surface area contributed by atoms with E-state index >= 15 is 0 Å². The van der Waals surface area contributed by atoms with Crippen LogP contribution in [0.1, 0.15) is 27.4 Å². The first-order chi connectivity index (χ1) is 14.0. The van der Waals surface area contributed by atoms with Gasteiger partial charge in [-0.1, -0.05) is 23.7 Å². The van der Waals surface area contributed by atoms with Gasteiger partial charge >= 0.3 is 0 Å². The van der Waals surface area contributed by atoms with E-state index in [9.17, 15) is 5.26 Å². The standard InChI is InChI=1S/C22H18ClN5S/c1-14-12-28(13-25-14)20-7-6-19(10-17(20)11-24)27-22-26-15(2)21(29-22)9-16-4-3-5-18(23)8-16/h3-8,10,12-13H,9H2,1-2H3,(H,26,27). The van der Waals surface area contributed by atoms with Crippen LogP contribution in [0.15, 0.2) is 55.0 Å². The van der Waals surface area contributed by atoms with Crippen molar-refractivity contribution >= 4 is 33.8 Å². The van der Waals surface area contributed by atoms with Gasteiger partial charge in [-0.05, 0) is 49.7 Å². The molecule has 0 saturated carbocycles. The number of aromatic nitrogens is 3. The monoisotopic (exact) mass is 419 g/mol. The van der Waals surface area contributed by atoms with E-state index in [-0.39, 0.29) is 0 Å². The number of hydrogen-bond donors (Lipinski definition) is 1. The maximum absolute atomic E-state index is 9.58. The van der Waals surface area contributed by atoms with Crippen LogP contribution in [0, 0.1) is 25.2 Å². The molecule has 0 spiro atoms. The summed E-state index contributed by atoms with van der Waals surface area (Å²) in [7, 11) is 0. The highest BCUT2D eigenvalue weighted by Crippen LogP contribution is 2.29. The van der Waals surface area contributed by atoms with Crippen molar-refractivity contribution in [2.75, 3.05) is 5.32 Å². The molecule has 0 unspecified atom stereocenters. The highest BCUT2D eigenvalue weighted by molar-refractivity contribution is 7.15. The molecular weight excluding hydrogens is 402 g/mol. The molecule has 2 aromatic carbocycles. The number of nitrogens with one attached hydrogen (secondary N) is 1. The average molecular weight is 420 g/mol. The van der Waals surface area contributed by atoms with Crippen LogP contribution >= 0.6 is 22.9 Å². The van der Waals surface area contributed by atoms with Gasteiger partial charge in [0, 0.05) is 28.2 Å². The molecule has 0 atom stereocenters. The van der Waals surface area contributed by atoms with Crippen molar-refractivity contribution in [3.63, 3.8) is 0 Å². The van der Waals surface area contributed by atoms with Gasteiger partial charge in [0.15, 0.2) is 5.13 Å². The van der Waals surface area contributed by atoms with Crippen LogP contribution in [0.4, 0.5) is 10.8 Å². The van der Waals surface area contributed by atoms with E-state index in [0.717, 1.165) is 44.9 Å². The summed E-state index contributed by atoms with van der Waals surface area (Å²) < 4.78 is 1.86. The van der Waals surface area contributed by atoms with Crippen LogP contribution in [0.25, 0.3) is 5.69 Å². The Kier molecular flexibility index (Phi) is 5.34. The smallest absolute Gasteiger partial charge is 0.187 e. The van der Waals surface area contributed by atoms with Crippen molar-refractivity contribution in [1.82, 2.24) is 14.5 Å². The first kappa shape index (κ1) is 19.2. The van der Waals surface area contributed by atoms with Crippen molar-refractivity contribution < 1.29 is 0 Å². The van der Waals surface area contributed by atoms with Gasteiger partial charge in [-0.15, -0.1) is 11.3 Å². The second-order valence-electron chi connectivity index (χ2n) is 6.73. The van der Waals surface area contributed by atoms with Gasteiger partial charge in [-0.2, -0.15) is 5.26 Å². The third-order valence-corrected chi connectivity index (χ3v) is 5.81. The minimum absolute atomic E-state index is 0.569. The van der Waals surface area contributed by atoms with Gasteiger partial charge in [-0.3, -0.25) is 0 Å². The second kappa shape index (κ2) is 8.08. The van der Waals surface area contributed by atoms with Crippen molar-refractivity contribution in [2.45, 2.75) is 20.3 Å². The molecule has 0 fully saturated rings. The van der Waals surface area contributed by atoms with Crippen molar-refractivity contribution in [3.8, 4) is 11.8 Å². The summed E-state index contributed by atoms with van der Waals surface area (Å²) in [5.74, 6) is 0. The maximum Gasteiger partial charge on any atom is 0.187 e. The minimum Gasteiger partial charge on any atom is -0.331 e. The SMILES string of the molecule is Cc1cn(-c2ccc(Nc3nc(C)c(Cc4cccc(Cl)c4)s3)cc2C#N)cn1. The van der Waals surface area contributed by atoms with E-state index in [1.54, 1.807) is 17.7 Å².